The van der Waals surface area contributed by atoms with E-state index >= 15 is 0 Å². The van der Waals surface area contributed by atoms with Gasteiger partial charge in [0.2, 0.25) is 0 Å². The monoisotopic (exact) mass is 351 g/mol. The first-order chi connectivity index (χ1) is 11.0. The van der Waals surface area contributed by atoms with Crippen LogP contribution in [0.2, 0.25) is 10.0 Å². The van der Waals surface area contributed by atoms with Crippen LogP contribution in [0.5, 0.6) is 0 Å². The Morgan fingerprint density at radius 2 is 1.65 bits per heavy atom. The minimum atomic E-state index is -0.733. The summed E-state index contributed by atoms with van der Waals surface area (Å²) >= 11 is 11.8. The van der Waals surface area contributed by atoms with E-state index in [1.54, 1.807) is 6.07 Å². The van der Waals surface area contributed by atoms with E-state index in [9.17, 15) is 9.59 Å². The predicted octanol–water partition coefficient (Wildman–Crippen LogP) is 4.03. The van der Waals surface area contributed by atoms with Gasteiger partial charge in [-0.05, 0) is 24.6 Å². The molecule has 0 fully saturated rings. The second kappa shape index (κ2) is 7.99. The second-order valence-corrected chi connectivity index (χ2v) is 5.69. The molecule has 2 aromatic carbocycles. The highest BCUT2D eigenvalue weighted by Crippen LogP contribution is 2.24. The highest BCUT2D eigenvalue weighted by Gasteiger charge is 2.18. The van der Waals surface area contributed by atoms with Gasteiger partial charge < -0.3 is 10.1 Å². The van der Waals surface area contributed by atoms with Crippen molar-refractivity contribution in [2.75, 3.05) is 6.61 Å². The van der Waals surface area contributed by atoms with Crippen LogP contribution in [0.3, 0.4) is 0 Å². The molecular formula is C17H15Cl2NO3. The van der Waals surface area contributed by atoms with E-state index in [0.717, 1.165) is 5.56 Å². The first-order valence-corrected chi connectivity index (χ1v) is 7.70. The van der Waals surface area contributed by atoms with E-state index in [4.69, 9.17) is 27.9 Å². The standard InChI is InChI=1S/C17H15Cl2NO3/c1-11(12-6-3-2-4-7-12)20-15(21)10-23-17(22)16-13(18)8-5-9-14(16)19/h2-9,11H,10H2,1H3,(H,20,21)/t11-/m1/s1. The summed E-state index contributed by atoms with van der Waals surface area (Å²) in [4.78, 5) is 23.9. The van der Waals surface area contributed by atoms with Crippen molar-refractivity contribution in [3.05, 3.63) is 69.7 Å². The van der Waals surface area contributed by atoms with E-state index in [0.29, 0.717) is 0 Å². The van der Waals surface area contributed by atoms with Crippen LogP contribution in [0, 0.1) is 0 Å². The van der Waals surface area contributed by atoms with Crippen molar-refractivity contribution < 1.29 is 14.3 Å². The van der Waals surface area contributed by atoms with Gasteiger partial charge in [-0.1, -0.05) is 59.6 Å². The zero-order valence-corrected chi connectivity index (χ0v) is 13.9. The molecule has 2 rings (SSSR count). The predicted molar refractivity (Wildman–Crippen MR) is 89.7 cm³/mol. The highest BCUT2D eigenvalue weighted by atomic mass is 35.5. The minimum Gasteiger partial charge on any atom is -0.452 e. The highest BCUT2D eigenvalue weighted by molar-refractivity contribution is 6.39. The van der Waals surface area contributed by atoms with Gasteiger partial charge >= 0.3 is 5.97 Å². The van der Waals surface area contributed by atoms with Crippen molar-refractivity contribution in [1.82, 2.24) is 5.32 Å². The molecule has 0 saturated carbocycles. The number of hydrogen-bond donors (Lipinski definition) is 1. The molecule has 0 aliphatic heterocycles. The molecular weight excluding hydrogens is 337 g/mol. The zero-order chi connectivity index (χ0) is 16.8. The Bertz CT molecular complexity index is 684. The number of hydrogen-bond acceptors (Lipinski definition) is 3. The quantitative estimate of drug-likeness (QED) is 0.827. The van der Waals surface area contributed by atoms with Crippen LogP contribution in [-0.4, -0.2) is 18.5 Å². The minimum absolute atomic E-state index is 0.0553. The topological polar surface area (TPSA) is 55.4 Å². The molecule has 120 valence electrons. The molecule has 0 aliphatic rings. The number of amides is 1. The van der Waals surface area contributed by atoms with Crippen molar-refractivity contribution in [1.29, 1.82) is 0 Å². The lowest BCUT2D eigenvalue weighted by molar-refractivity contribution is -0.124. The summed E-state index contributed by atoms with van der Waals surface area (Å²) in [5.74, 6) is -1.14. The summed E-state index contributed by atoms with van der Waals surface area (Å²) < 4.78 is 4.97. The van der Waals surface area contributed by atoms with Gasteiger partial charge in [-0.25, -0.2) is 4.79 Å². The molecule has 6 heteroatoms. The van der Waals surface area contributed by atoms with Crippen LogP contribution < -0.4 is 5.32 Å². The second-order valence-electron chi connectivity index (χ2n) is 4.87. The largest absolute Gasteiger partial charge is 0.452 e. The van der Waals surface area contributed by atoms with E-state index in [2.05, 4.69) is 5.32 Å². The Kier molecular flexibility index (Phi) is 6.02. The lowest BCUT2D eigenvalue weighted by atomic mass is 10.1. The van der Waals surface area contributed by atoms with Crippen molar-refractivity contribution in [3.8, 4) is 0 Å². The van der Waals surface area contributed by atoms with E-state index in [-0.39, 0.29) is 21.7 Å². The van der Waals surface area contributed by atoms with Gasteiger partial charge in [0.15, 0.2) is 6.61 Å². The van der Waals surface area contributed by atoms with Crippen LogP contribution in [0.15, 0.2) is 48.5 Å². The van der Waals surface area contributed by atoms with Crippen LogP contribution in [-0.2, 0) is 9.53 Å². The molecule has 0 aromatic heterocycles. The molecule has 1 amide bonds. The normalized spacial score (nSPS) is 11.6. The first-order valence-electron chi connectivity index (χ1n) is 6.94. The van der Waals surface area contributed by atoms with E-state index in [1.807, 2.05) is 37.3 Å². The summed E-state index contributed by atoms with van der Waals surface area (Å²) in [6, 6.07) is 14.0. The molecule has 2 aromatic rings. The molecule has 1 atom stereocenters. The number of ether oxygens (including phenoxy) is 1. The van der Waals surface area contributed by atoms with Gasteiger partial charge in [-0.3, -0.25) is 4.79 Å². The molecule has 0 unspecified atom stereocenters. The molecule has 23 heavy (non-hydrogen) atoms. The smallest absolute Gasteiger partial charge is 0.341 e. The molecule has 0 aliphatic carbocycles. The van der Waals surface area contributed by atoms with E-state index < -0.39 is 18.5 Å². The van der Waals surface area contributed by atoms with Crippen LogP contribution in [0.25, 0.3) is 0 Å². The van der Waals surface area contributed by atoms with Gasteiger partial charge in [-0.15, -0.1) is 0 Å². The Labute approximate surface area is 144 Å². The number of carbonyl (C=O) groups is 2. The maximum absolute atomic E-state index is 12.0. The summed E-state index contributed by atoms with van der Waals surface area (Å²) in [7, 11) is 0. The Morgan fingerprint density at radius 3 is 2.26 bits per heavy atom. The number of esters is 1. The molecule has 0 saturated heterocycles. The van der Waals surface area contributed by atoms with E-state index in [1.165, 1.54) is 12.1 Å². The van der Waals surface area contributed by atoms with Crippen molar-refractivity contribution in [2.24, 2.45) is 0 Å². The summed E-state index contributed by atoms with van der Waals surface area (Å²) in [6.45, 7) is 1.44. The van der Waals surface area contributed by atoms with Crippen LogP contribution in [0.4, 0.5) is 0 Å². The van der Waals surface area contributed by atoms with Gasteiger partial charge in [0.25, 0.3) is 5.91 Å². The third-order valence-corrected chi connectivity index (χ3v) is 3.81. The number of carbonyl (C=O) groups excluding carboxylic acids is 2. The van der Waals surface area contributed by atoms with Crippen molar-refractivity contribution in [3.63, 3.8) is 0 Å². The number of nitrogens with one attached hydrogen (secondary N) is 1. The Hall–Kier alpha value is -2.04. The fraction of sp³-hybridized carbons (Fsp3) is 0.176. The lowest BCUT2D eigenvalue weighted by Gasteiger charge is -2.14. The maximum atomic E-state index is 12.0. The molecule has 0 radical (unpaired) electrons. The Morgan fingerprint density at radius 1 is 1.04 bits per heavy atom. The molecule has 1 N–H and O–H groups in total. The fourth-order valence-corrected chi connectivity index (χ4v) is 2.56. The summed E-state index contributed by atoms with van der Waals surface area (Å²) in [5.41, 5.74) is 1.01. The average molecular weight is 352 g/mol. The molecule has 0 bridgehead atoms. The van der Waals surface area contributed by atoms with Gasteiger partial charge in [-0.2, -0.15) is 0 Å². The van der Waals surface area contributed by atoms with Crippen LogP contribution >= 0.6 is 23.2 Å². The average Bonchev–Trinajstić information content (AvgIpc) is 2.53. The Balaban J connectivity index is 1.91. The number of benzene rings is 2. The van der Waals surface area contributed by atoms with Gasteiger partial charge in [0, 0.05) is 0 Å². The van der Waals surface area contributed by atoms with Gasteiger partial charge in [0.1, 0.15) is 0 Å². The summed E-state index contributed by atoms with van der Waals surface area (Å²) in [6.07, 6.45) is 0. The zero-order valence-electron chi connectivity index (χ0n) is 12.4. The summed E-state index contributed by atoms with van der Waals surface area (Å²) in [5, 5.41) is 3.11. The molecule has 0 heterocycles. The third-order valence-electron chi connectivity index (χ3n) is 3.18. The van der Waals surface area contributed by atoms with Crippen molar-refractivity contribution in [2.45, 2.75) is 13.0 Å². The fourth-order valence-electron chi connectivity index (χ4n) is 2.00. The number of halogens is 2. The lowest BCUT2D eigenvalue weighted by Crippen LogP contribution is -2.31. The maximum Gasteiger partial charge on any atom is 0.341 e. The first kappa shape index (κ1) is 17.3. The van der Waals surface area contributed by atoms with Gasteiger partial charge in [0.05, 0.1) is 21.7 Å². The van der Waals surface area contributed by atoms with Crippen molar-refractivity contribution >= 4 is 35.1 Å². The third kappa shape index (κ3) is 4.71. The number of rotatable bonds is 5. The SMILES string of the molecule is C[C@@H](NC(=O)COC(=O)c1c(Cl)cccc1Cl)c1ccccc1. The molecule has 4 nitrogen and oxygen atoms in total. The molecule has 0 spiro atoms. The van der Waals surface area contributed by atoms with Crippen LogP contribution in [0.1, 0.15) is 28.9 Å².